The first kappa shape index (κ1) is 16.9. The maximum Gasteiger partial charge on any atom is 0.240 e. The van der Waals surface area contributed by atoms with Gasteiger partial charge in [0.2, 0.25) is 5.91 Å². The van der Waals surface area contributed by atoms with Crippen molar-refractivity contribution >= 4 is 18.1 Å². The molecule has 1 unspecified atom stereocenters. The number of aromatic nitrogens is 3. The molecule has 1 aliphatic rings. The van der Waals surface area contributed by atoms with E-state index in [0.29, 0.717) is 4.77 Å². The summed E-state index contributed by atoms with van der Waals surface area (Å²) in [5, 5.41) is 10.2. The largest absolute Gasteiger partial charge is 0.348 e. The van der Waals surface area contributed by atoms with Crippen LogP contribution in [0, 0.1) is 4.77 Å². The SMILES string of the molecule is CCCc1n[nH]c(=S)n1CC(=O)NC1CCCCc2ccccc21. The van der Waals surface area contributed by atoms with Crippen molar-refractivity contribution < 1.29 is 4.79 Å². The number of hydrogen-bond acceptors (Lipinski definition) is 3. The van der Waals surface area contributed by atoms with Gasteiger partial charge in [0.1, 0.15) is 12.4 Å². The first-order valence-corrected chi connectivity index (χ1v) is 9.11. The number of nitrogens with one attached hydrogen (secondary N) is 2. The van der Waals surface area contributed by atoms with Crippen molar-refractivity contribution in [1.29, 1.82) is 0 Å². The van der Waals surface area contributed by atoms with Crippen molar-refractivity contribution in [3.63, 3.8) is 0 Å². The molecule has 0 fully saturated rings. The van der Waals surface area contributed by atoms with Crippen LogP contribution in [-0.4, -0.2) is 20.7 Å². The lowest BCUT2D eigenvalue weighted by Gasteiger charge is -2.19. The van der Waals surface area contributed by atoms with E-state index in [4.69, 9.17) is 12.2 Å². The molecule has 5 nitrogen and oxygen atoms in total. The number of rotatable bonds is 5. The van der Waals surface area contributed by atoms with Gasteiger partial charge in [0, 0.05) is 6.42 Å². The third-order valence-electron chi connectivity index (χ3n) is 4.57. The lowest BCUT2D eigenvalue weighted by Crippen LogP contribution is -2.32. The molecule has 6 heteroatoms. The Morgan fingerprint density at radius 1 is 1.42 bits per heavy atom. The van der Waals surface area contributed by atoms with Crippen LogP contribution in [0.2, 0.25) is 0 Å². The summed E-state index contributed by atoms with van der Waals surface area (Å²) in [6.45, 7) is 2.31. The predicted molar refractivity (Wildman–Crippen MR) is 96.3 cm³/mol. The predicted octanol–water partition coefficient (Wildman–Crippen LogP) is 3.48. The number of benzene rings is 1. The van der Waals surface area contributed by atoms with Gasteiger partial charge < -0.3 is 5.32 Å². The average Bonchev–Trinajstić information content (AvgIpc) is 2.80. The van der Waals surface area contributed by atoms with Crippen LogP contribution in [0.1, 0.15) is 55.6 Å². The minimum atomic E-state index is -0.00782. The van der Waals surface area contributed by atoms with Crippen molar-refractivity contribution in [2.24, 2.45) is 0 Å². The van der Waals surface area contributed by atoms with Gasteiger partial charge in [0.15, 0.2) is 4.77 Å². The molecule has 1 amide bonds. The van der Waals surface area contributed by atoms with Crippen LogP contribution >= 0.6 is 12.2 Å². The van der Waals surface area contributed by atoms with E-state index in [9.17, 15) is 4.79 Å². The maximum atomic E-state index is 12.6. The van der Waals surface area contributed by atoms with Crippen LogP contribution in [0.3, 0.4) is 0 Å². The lowest BCUT2D eigenvalue weighted by atomic mass is 9.99. The molecular weight excluding hydrogens is 320 g/mol. The highest BCUT2D eigenvalue weighted by Gasteiger charge is 2.20. The van der Waals surface area contributed by atoms with E-state index in [1.54, 1.807) is 4.57 Å². The lowest BCUT2D eigenvalue weighted by molar-refractivity contribution is -0.122. The maximum absolute atomic E-state index is 12.6. The molecule has 0 bridgehead atoms. The Labute approximate surface area is 147 Å². The Bertz CT molecular complexity index is 764. The van der Waals surface area contributed by atoms with Crippen molar-refractivity contribution in [2.45, 2.75) is 58.0 Å². The molecule has 0 radical (unpaired) electrons. The fraction of sp³-hybridized carbons (Fsp3) is 0.500. The summed E-state index contributed by atoms with van der Waals surface area (Å²) in [5.74, 6) is 0.838. The number of fused-ring (bicyclic) bond motifs is 1. The second-order valence-corrected chi connectivity index (χ2v) is 6.73. The Balaban J connectivity index is 1.74. The number of H-pyrrole nitrogens is 1. The molecule has 1 aromatic heterocycles. The quantitative estimate of drug-likeness (QED) is 0.645. The van der Waals surface area contributed by atoms with Gasteiger partial charge in [-0.2, -0.15) is 5.10 Å². The summed E-state index contributed by atoms with van der Waals surface area (Å²) in [6, 6.07) is 8.52. The number of aromatic amines is 1. The topological polar surface area (TPSA) is 62.7 Å². The van der Waals surface area contributed by atoms with E-state index >= 15 is 0 Å². The molecule has 1 aromatic carbocycles. The van der Waals surface area contributed by atoms with Gasteiger partial charge in [0.25, 0.3) is 0 Å². The van der Waals surface area contributed by atoms with Gasteiger partial charge in [0.05, 0.1) is 6.04 Å². The molecule has 0 saturated heterocycles. The van der Waals surface area contributed by atoms with Gasteiger partial charge in [-0.25, -0.2) is 0 Å². The molecule has 2 N–H and O–H groups in total. The first-order chi connectivity index (χ1) is 11.7. The fourth-order valence-corrected chi connectivity index (χ4v) is 3.60. The van der Waals surface area contributed by atoms with Crippen LogP contribution in [0.4, 0.5) is 0 Å². The monoisotopic (exact) mass is 344 g/mol. The summed E-state index contributed by atoms with van der Waals surface area (Å²) < 4.78 is 2.31. The van der Waals surface area contributed by atoms with E-state index in [2.05, 4.69) is 46.7 Å². The minimum absolute atomic E-state index is 0.00782. The number of aryl methyl sites for hydroxylation is 2. The van der Waals surface area contributed by atoms with E-state index in [-0.39, 0.29) is 18.5 Å². The van der Waals surface area contributed by atoms with Crippen LogP contribution < -0.4 is 5.32 Å². The van der Waals surface area contributed by atoms with Crippen molar-refractivity contribution in [3.8, 4) is 0 Å². The van der Waals surface area contributed by atoms with Crippen molar-refractivity contribution in [3.05, 3.63) is 46.0 Å². The van der Waals surface area contributed by atoms with E-state index in [1.807, 2.05) is 0 Å². The van der Waals surface area contributed by atoms with E-state index < -0.39 is 0 Å². The highest BCUT2D eigenvalue weighted by atomic mass is 32.1. The molecule has 128 valence electrons. The molecule has 24 heavy (non-hydrogen) atoms. The third-order valence-corrected chi connectivity index (χ3v) is 4.88. The van der Waals surface area contributed by atoms with Crippen LogP contribution in [0.5, 0.6) is 0 Å². The number of carbonyl (C=O) groups is 1. The van der Waals surface area contributed by atoms with Crippen LogP contribution in [0.25, 0.3) is 0 Å². The summed E-state index contributed by atoms with van der Waals surface area (Å²) in [7, 11) is 0. The molecule has 0 saturated carbocycles. The highest BCUT2D eigenvalue weighted by Crippen LogP contribution is 2.28. The molecular formula is C18H24N4OS. The van der Waals surface area contributed by atoms with E-state index in [0.717, 1.165) is 37.9 Å². The Morgan fingerprint density at radius 3 is 3.08 bits per heavy atom. The van der Waals surface area contributed by atoms with Gasteiger partial charge in [-0.15, -0.1) is 0 Å². The van der Waals surface area contributed by atoms with Crippen molar-refractivity contribution in [2.75, 3.05) is 0 Å². The zero-order valence-corrected chi connectivity index (χ0v) is 14.9. The second-order valence-electron chi connectivity index (χ2n) is 6.35. The normalized spacial score (nSPS) is 17.1. The third kappa shape index (κ3) is 3.75. The Kier molecular flexibility index (Phi) is 5.45. The molecule has 1 heterocycles. The van der Waals surface area contributed by atoms with Crippen LogP contribution in [0.15, 0.2) is 24.3 Å². The first-order valence-electron chi connectivity index (χ1n) is 8.70. The summed E-state index contributed by atoms with van der Waals surface area (Å²) in [5.41, 5.74) is 2.61. The number of carbonyl (C=O) groups excluding carboxylic acids is 1. The zero-order chi connectivity index (χ0) is 16.9. The summed E-state index contributed by atoms with van der Waals surface area (Å²) >= 11 is 5.26. The Hall–Kier alpha value is -1.95. The Morgan fingerprint density at radius 2 is 2.25 bits per heavy atom. The number of amides is 1. The zero-order valence-electron chi connectivity index (χ0n) is 14.0. The summed E-state index contributed by atoms with van der Waals surface area (Å²) in [6.07, 6.45) is 6.17. The van der Waals surface area contributed by atoms with E-state index in [1.165, 1.54) is 17.5 Å². The average molecular weight is 344 g/mol. The molecule has 1 aliphatic carbocycles. The van der Waals surface area contributed by atoms with Gasteiger partial charge >= 0.3 is 0 Å². The smallest absolute Gasteiger partial charge is 0.240 e. The molecule has 3 rings (SSSR count). The van der Waals surface area contributed by atoms with Gasteiger partial charge in [-0.05, 0) is 49.0 Å². The van der Waals surface area contributed by atoms with Crippen molar-refractivity contribution in [1.82, 2.24) is 20.1 Å². The minimum Gasteiger partial charge on any atom is -0.348 e. The molecule has 0 spiro atoms. The summed E-state index contributed by atoms with van der Waals surface area (Å²) in [4.78, 5) is 12.6. The molecule has 1 atom stereocenters. The fourth-order valence-electron chi connectivity index (χ4n) is 3.38. The number of hydrogen-bond donors (Lipinski definition) is 2. The molecule has 2 aromatic rings. The van der Waals surface area contributed by atoms with Crippen LogP contribution in [-0.2, 0) is 24.2 Å². The second kappa shape index (κ2) is 7.75. The number of nitrogens with zero attached hydrogens (tertiary/aromatic N) is 2. The van der Waals surface area contributed by atoms with Gasteiger partial charge in [-0.1, -0.05) is 37.6 Å². The highest BCUT2D eigenvalue weighted by molar-refractivity contribution is 7.71. The standard InChI is InChI=1S/C18H24N4OS/c1-2-7-16-20-21-18(24)22(16)12-17(23)19-15-11-6-4-9-13-8-3-5-10-14(13)15/h3,5,8,10,15H,2,4,6-7,9,11-12H2,1H3,(H,19,23)(H,21,24). The molecule has 0 aliphatic heterocycles. The van der Waals surface area contributed by atoms with Gasteiger partial charge in [-0.3, -0.25) is 14.5 Å².